The number of ether oxygens (including phenoxy) is 1. The van der Waals surface area contributed by atoms with Crippen molar-refractivity contribution in [2.24, 2.45) is 5.73 Å². The molecule has 0 radical (unpaired) electrons. The molecular formula is C14H20N4O3. The van der Waals surface area contributed by atoms with Crippen molar-refractivity contribution in [3.8, 4) is 5.75 Å². The number of amides is 3. The second-order valence-corrected chi connectivity index (χ2v) is 4.79. The van der Waals surface area contributed by atoms with Gasteiger partial charge in [-0.25, -0.2) is 4.79 Å². The zero-order valence-corrected chi connectivity index (χ0v) is 12.0. The van der Waals surface area contributed by atoms with Gasteiger partial charge in [-0.2, -0.15) is 0 Å². The van der Waals surface area contributed by atoms with Gasteiger partial charge >= 0.3 is 6.03 Å². The Kier molecular flexibility index (Phi) is 4.86. The van der Waals surface area contributed by atoms with Crippen LogP contribution in [0.1, 0.15) is 0 Å². The zero-order chi connectivity index (χ0) is 15.2. The highest BCUT2D eigenvalue weighted by atomic mass is 16.5. The van der Waals surface area contributed by atoms with Crippen molar-refractivity contribution >= 4 is 17.6 Å². The van der Waals surface area contributed by atoms with Gasteiger partial charge in [-0.05, 0) is 12.1 Å². The third-order valence-corrected chi connectivity index (χ3v) is 3.46. The van der Waals surface area contributed by atoms with Gasteiger partial charge in [-0.15, -0.1) is 0 Å². The molecule has 2 rings (SSSR count). The summed E-state index contributed by atoms with van der Waals surface area (Å²) >= 11 is 0. The van der Waals surface area contributed by atoms with Gasteiger partial charge in [-0.1, -0.05) is 6.07 Å². The minimum Gasteiger partial charge on any atom is -0.497 e. The number of nitrogens with zero attached hydrogens (tertiary/aromatic N) is 2. The van der Waals surface area contributed by atoms with Gasteiger partial charge in [0.15, 0.2) is 0 Å². The summed E-state index contributed by atoms with van der Waals surface area (Å²) in [5, 5.41) is 2.32. The SMILES string of the molecule is COc1cccc(N2CCN(C(=O)CNC(N)=O)CC2)c1. The van der Waals surface area contributed by atoms with E-state index in [1.54, 1.807) is 12.0 Å². The van der Waals surface area contributed by atoms with Gasteiger partial charge < -0.3 is 25.6 Å². The molecule has 0 unspecified atom stereocenters. The summed E-state index contributed by atoms with van der Waals surface area (Å²) in [6.45, 7) is 2.69. The molecule has 1 aliphatic heterocycles. The van der Waals surface area contributed by atoms with Crippen LogP contribution in [0.4, 0.5) is 10.5 Å². The molecule has 3 amide bonds. The van der Waals surface area contributed by atoms with Crippen molar-refractivity contribution in [2.75, 3.05) is 44.7 Å². The molecule has 0 aliphatic carbocycles. The van der Waals surface area contributed by atoms with Crippen molar-refractivity contribution in [1.29, 1.82) is 0 Å². The van der Waals surface area contributed by atoms with Crippen molar-refractivity contribution in [2.45, 2.75) is 0 Å². The van der Waals surface area contributed by atoms with E-state index in [0.29, 0.717) is 13.1 Å². The molecule has 21 heavy (non-hydrogen) atoms. The third-order valence-electron chi connectivity index (χ3n) is 3.46. The Morgan fingerprint density at radius 1 is 1.29 bits per heavy atom. The summed E-state index contributed by atoms with van der Waals surface area (Å²) in [4.78, 5) is 26.4. The maximum atomic E-state index is 11.9. The van der Waals surface area contributed by atoms with Crippen LogP contribution in [-0.4, -0.2) is 56.7 Å². The first-order chi connectivity index (χ1) is 10.1. The van der Waals surface area contributed by atoms with Crippen LogP contribution in [0, 0.1) is 0 Å². The highest BCUT2D eigenvalue weighted by Gasteiger charge is 2.21. The van der Waals surface area contributed by atoms with Gasteiger partial charge in [0, 0.05) is 37.9 Å². The number of primary amides is 1. The second-order valence-electron chi connectivity index (χ2n) is 4.79. The third kappa shape index (κ3) is 4.01. The molecular weight excluding hydrogens is 272 g/mol. The average Bonchev–Trinajstić information content (AvgIpc) is 2.52. The monoisotopic (exact) mass is 292 g/mol. The van der Waals surface area contributed by atoms with E-state index in [0.717, 1.165) is 24.5 Å². The second kappa shape index (κ2) is 6.83. The predicted molar refractivity (Wildman–Crippen MR) is 79.4 cm³/mol. The van der Waals surface area contributed by atoms with Gasteiger partial charge in [0.2, 0.25) is 5.91 Å². The van der Waals surface area contributed by atoms with Gasteiger partial charge in [0.1, 0.15) is 5.75 Å². The van der Waals surface area contributed by atoms with E-state index < -0.39 is 6.03 Å². The highest BCUT2D eigenvalue weighted by molar-refractivity contribution is 5.83. The Labute approximate surface area is 123 Å². The Bertz CT molecular complexity index is 513. The summed E-state index contributed by atoms with van der Waals surface area (Å²) in [7, 11) is 1.64. The Morgan fingerprint density at radius 2 is 2.00 bits per heavy atom. The number of carbonyl (C=O) groups excluding carboxylic acids is 2. The molecule has 0 aromatic heterocycles. The number of methoxy groups -OCH3 is 1. The number of nitrogens with two attached hydrogens (primary N) is 1. The van der Waals surface area contributed by atoms with E-state index >= 15 is 0 Å². The predicted octanol–water partition coefficient (Wildman–Crippen LogP) is 0.0121. The van der Waals surface area contributed by atoms with Crippen LogP contribution in [0.25, 0.3) is 0 Å². The van der Waals surface area contributed by atoms with Crippen LogP contribution < -0.4 is 20.7 Å². The number of nitrogens with one attached hydrogen (secondary N) is 1. The van der Waals surface area contributed by atoms with Crippen LogP contribution in [-0.2, 0) is 4.79 Å². The molecule has 1 aliphatic rings. The fourth-order valence-corrected chi connectivity index (χ4v) is 2.30. The standard InChI is InChI=1S/C14H20N4O3/c1-21-12-4-2-3-11(9-12)17-5-7-18(8-6-17)13(19)10-16-14(15)20/h2-4,9H,5-8,10H2,1H3,(H3,15,16,20). The highest BCUT2D eigenvalue weighted by Crippen LogP contribution is 2.22. The number of hydrogen-bond acceptors (Lipinski definition) is 4. The number of anilines is 1. The molecule has 7 nitrogen and oxygen atoms in total. The molecule has 0 bridgehead atoms. The lowest BCUT2D eigenvalue weighted by molar-refractivity contribution is -0.130. The van der Waals surface area contributed by atoms with Crippen LogP contribution in [0.3, 0.4) is 0 Å². The van der Waals surface area contributed by atoms with E-state index in [1.807, 2.05) is 24.3 Å². The van der Waals surface area contributed by atoms with E-state index in [9.17, 15) is 9.59 Å². The largest absolute Gasteiger partial charge is 0.497 e. The van der Waals surface area contributed by atoms with Crippen LogP contribution in [0.2, 0.25) is 0 Å². The molecule has 3 N–H and O–H groups in total. The van der Waals surface area contributed by atoms with E-state index in [4.69, 9.17) is 10.5 Å². The molecule has 1 aromatic carbocycles. The molecule has 1 aromatic rings. The average molecular weight is 292 g/mol. The quantitative estimate of drug-likeness (QED) is 0.818. The smallest absolute Gasteiger partial charge is 0.312 e. The fourth-order valence-electron chi connectivity index (χ4n) is 2.30. The number of rotatable bonds is 4. The van der Waals surface area contributed by atoms with Crippen molar-refractivity contribution < 1.29 is 14.3 Å². The minimum absolute atomic E-state index is 0.0471. The molecule has 1 saturated heterocycles. The summed E-state index contributed by atoms with van der Waals surface area (Å²) in [5.41, 5.74) is 6.04. The molecule has 1 heterocycles. The summed E-state index contributed by atoms with van der Waals surface area (Å²) in [6, 6.07) is 7.17. The maximum Gasteiger partial charge on any atom is 0.312 e. The van der Waals surface area contributed by atoms with Crippen LogP contribution in [0.15, 0.2) is 24.3 Å². The van der Waals surface area contributed by atoms with Gasteiger partial charge in [0.25, 0.3) is 0 Å². The first kappa shape index (κ1) is 15.0. The van der Waals surface area contributed by atoms with Crippen LogP contribution >= 0.6 is 0 Å². The lowest BCUT2D eigenvalue weighted by atomic mass is 10.2. The topological polar surface area (TPSA) is 87.9 Å². The van der Waals surface area contributed by atoms with Crippen molar-refractivity contribution in [3.05, 3.63) is 24.3 Å². The fraction of sp³-hybridized carbons (Fsp3) is 0.429. The van der Waals surface area contributed by atoms with Crippen molar-refractivity contribution in [1.82, 2.24) is 10.2 Å². The van der Waals surface area contributed by atoms with Crippen LogP contribution in [0.5, 0.6) is 5.75 Å². The Balaban J connectivity index is 1.87. The normalized spacial score (nSPS) is 14.7. The summed E-state index contributed by atoms with van der Waals surface area (Å²) in [5.74, 6) is 0.704. The molecule has 114 valence electrons. The number of piperazine rings is 1. The van der Waals surface area contributed by atoms with Gasteiger partial charge in [-0.3, -0.25) is 4.79 Å². The first-order valence-corrected chi connectivity index (χ1v) is 6.80. The van der Waals surface area contributed by atoms with E-state index in [1.165, 1.54) is 0 Å². The minimum atomic E-state index is -0.682. The number of hydrogen-bond donors (Lipinski definition) is 2. The number of carbonyl (C=O) groups is 2. The maximum absolute atomic E-state index is 11.9. The Hall–Kier alpha value is -2.44. The Morgan fingerprint density at radius 3 is 2.62 bits per heavy atom. The summed E-state index contributed by atoms with van der Waals surface area (Å²) in [6.07, 6.45) is 0. The molecule has 0 spiro atoms. The molecule has 0 saturated carbocycles. The van der Waals surface area contributed by atoms with Crippen molar-refractivity contribution in [3.63, 3.8) is 0 Å². The molecule has 7 heteroatoms. The van der Waals surface area contributed by atoms with E-state index in [-0.39, 0.29) is 12.5 Å². The molecule has 1 fully saturated rings. The van der Waals surface area contributed by atoms with Gasteiger partial charge in [0.05, 0.1) is 13.7 Å². The number of benzene rings is 1. The summed E-state index contributed by atoms with van der Waals surface area (Å²) < 4.78 is 5.22. The first-order valence-electron chi connectivity index (χ1n) is 6.80. The zero-order valence-electron chi connectivity index (χ0n) is 12.0. The lowest BCUT2D eigenvalue weighted by Gasteiger charge is -2.36. The lowest BCUT2D eigenvalue weighted by Crippen LogP contribution is -2.51. The number of urea groups is 1. The molecule has 0 atom stereocenters. The van der Waals surface area contributed by atoms with E-state index in [2.05, 4.69) is 10.2 Å².